The Kier molecular flexibility index (Phi) is 9.17. The third-order valence-electron chi connectivity index (χ3n) is 4.41. The lowest BCUT2D eigenvalue weighted by Crippen LogP contribution is -2.44. The molecule has 0 spiro atoms. The third-order valence-corrected chi connectivity index (χ3v) is 4.90. The fraction of sp³-hybridized carbons (Fsp3) is 0.391. The lowest BCUT2D eigenvalue weighted by atomic mass is 10.0. The zero-order valence-electron chi connectivity index (χ0n) is 17.9. The van der Waals surface area contributed by atoms with Gasteiger partial charge in [0.15, 0.2) is 6.61 Å². The molecule has 0 saturated carbocycles. The van der Waals surface area contributed by atoms with Crippen LogP contribution in [0, 0.1) is 6.92 Å². The number of rotatable bonds is 9. The molecular weight excluding hydrogens is 448 g/mol. The fourth-order valence-corrected chi connectivity index (χ4v) is 3.11. The van der Waals surface area contributed by atoms with Crippen molar-refractivity contribution < 1.29 is 19.1 Å². The monoisotopic (exact) mass is 476 g/mol. The smallest absolute Gasteiger partial charge is 0.276 e. The van der Waals surface area contributed by atoms with E-state index in [9.17, 15) is 9.59 Å². The number of hydrogen-bond acceptors (Lipinski definition) is 4. The third kappa shape index (κ3) is 7.06. The maximum atomic E-state index is 12.5. The summed E-state index contributed by atoms with van der Waals surface area (Å²) >= 11 is 3.36. The summed E-state index contributed by atoms with van der Waals surface area (Å²) in [6, 6.07) is 11.1. The predicted octanol–water partition coefficient (Wildman–Crippen LogP) is 4.90. The van der Waals surface area contributed by atoms with Crippen LogP contribution in [0.5, 0.6) is 11.5 Å². The van der Waals surface area contributed by atoms with Crippen LogP contribution in [0.25, 0.3) is 0 Å². The van der Waals surface area contributed by atoms with Crippen molar-refractivity contribution in [1.29, 1.82) is 0 Å². The minimum absolute atomic E-state index is 0.207. The molecule has 2 aromatic rings. The average Bonchev–Trinajstić information content (AvgIpc) is 2.71. The molecule has 0 aliphatic carbocycles. The number of halogens is 1. The second-order valence-corrected chi connectivity index (χ2v) is 8.25. The van der Waals surface area contributed by atoms with Gasteiger partial charge >= 0.3 is 0 Å². The molecule has 0 unspecified atom stereocenters. The van der Waals surface area contributed by atoms with E-state index in [-0.39, 0.29) is 12.5 Å². The van der Waals surface area contributed by atoms with Crippen LogP contribution in [-0.4, -0.2) is 25.0 Å². The Labute approximate surface area is 186 Å². The van der Waals surface area contributed by atoms with Crippen molar-refractivity contribution in [3.8, 4) is 11.5 Å². The van der Waals surface area contributed by atoms with Gasteiger partial charge in [-0.15, -0.1) is 0 Å². The minimum atomic E-state index is -0.463. The van der Waals surface area contributed by atoms with Crippen LogP contribution < -0.4 is 20.3 Å². The maximum absolute atomic E-state index is 12.5. The first-order valence-corrected chi connectivity index (χ1v) is 10.9. The van der Waals surface area contributed by atoms with Gasteiger partial charge in [0.1, 0.15) is 11.5 Å². The first-order chi connectivity index (χ1) is 14.3. The first-order valence-electron chi connectivity index (χ1n) is 10.1. The van der Waals surface area contributed by atoms with Crippen molar-refractivity contribution in [2.75, 3.05) is 13.2 Å². The van der Waals surface area contributed by atoms with Crippen LogP contribution in [0.2, 0.25) is 0 Å². The van der Waals surface area contributed by atoms with Crippen LogP contribution in [0.4, 0.5) is 0 Å². The number of carbonyl (C=O) groups excluding carboxylic acids is 2. The molecule has 0 aromatic heterocycles. The van der Waals surface area contributed by atoms with Gasteiger partial charge in [-0.1, -0.05) is 55.3 Å². The highest BCUT2D eigenvalue weighted by molar-refractivity contribution is 9.10. The Hall–Kier alpha value is -2.54. The van der Waals surface area contributed by atoms with E-state index in [0.717, 1.165) is 28.4 Å². The largest absolute Gasteiger partial charge is 0.493 e. The number of amides is 2. The molecule has 162 valence electrons. The molecule has 2 N–H and O–H groups in total. The summed E-state index contributed by atoms with van der Waals surface area (Å²) in [5.41, 5.74) is 7.23. The zero-order valence-corrected chi connectivity index (χ0v) is 19.5. The summed E-state index contributed by atoms with van der Waals surface area (Å²) in [4.78, 5) is 24.7. The van der Waals surface area contributed by atoms with Crippen molar-refractivity contribution in [3.63, 3.8) is 0 Å². The highest BCUT2D eigenvalue weighted by Crippen LogP contribution is 2.27. The van der Waals surface area contributed by atoms with Gasteiger partial charge in [0.2, 0.25) is 0 Å². The second kappa shape index (κ2) is 11.6. The van der Waals surface area contributed by atoms with Crippen LogP contribution in [0.1, 0.15) is 61.0 Å². The number of carbonyl (C=O) groups is 2. The molecule has 6 nitrogen and oxygen atoms in total. The molecule has 7 heteroatoms. The molecule has 0 atom stereocenters. The van der Waals surface area contributed by atoms with Gasteiger partial charge in [0.05, 0.1) is 12.2 Å². The summed E-state index contributed by atoms with van der Waals surface area (Å²) < 4.78 is 12.1. The minimum Gasteiger partial charge on any atom is -0.493 e. The van der Waals surface area contributed by atoms with E-state index in [2.05, 4.69) is 47.6 Å². The van der Waals surface area contributed by atoms with Gasteiger partial charge in [-0.2, -0.15) is 0 Å². The van der Waals surface area contributed by atoms with Gasteiger partial charge in [-0.3, -0.25) is 20.4 Å². The molecule has 2 rings (SSSR count). The molecule has 2 aromatic carbocycles. The van der Waals surface area contributed by atoms with E-state index < -0.39 is 11.8 Å². The Bertz CT molecular complexity index is 884. The van der Waals surface area contributed by atoms with Gasteiger partial charge in [-0.25, -0.2) is 0 Å². The van der Waals surface area contributed by atoms with Crippen LogP contribution in [-0.2, 0) is 4.79 Å². The van der Waals surface area contributed by atoms with Crippen molar-refractivity contribution in [2.24, 2.45) is 0 Å². The topological polar surface area (TPSA) is 76.7 Å². The molecule has 0 aliphatic rings. The zero-order chi connectivity index (χ0) is 22.1. The van der Waals surface area contributed by atoms with E-state index in [4.69, 9.17) is 9.47 Å². The summed E-state index contributed by atoms with van der Waals surface area (Å²) in [7, 11) is 0. The first kappa shape index (κ1) is 23.7. The molecule has 0 heterocycles. The average molecular weight is 477 g/mol. The number of ether oxygens (including phenoxy) is 2. The van der Waals surface area contributed by atoms with Crippen LogP contribution in [0.3, 0.4) is 0 Å². The van der Waals surface area contributed by atoms with E-state index >= 15 is 0 Å². The second-order valence-electron chi connectivity index (χ2n) is 7.33. The SMILES string of the molecule is CCCCOc1ccc(Br)cc1C(=O)NNC(=O)COc1cc(C)ccc1C(C)C. The van der Waals surface area contributed by atoms with Crippen LogP contribution in [0.15, 0.2) is 40.9 Å². The molecule has 0 saturated heterocycles. The molecular formula is C23H29BrN2O4. The normalized spacial score (nSPS) is 10.6. The summed E-state index contributed by atoms with van der Waals surface area (Å²) in [6.45, 7) is 8.48. The molecule has 30 heavy (non-hydrogen) atoms. The molecule has 0 aliphatic heterocycles. The maximum Gasteiger partial charge on any atom is 0.276 e. The number of unbranched alkanes of at least 4 members (excludes halogenated alkanes) is 1. The number of aryl methyl sites for hydroxylation is 1. The Morgan fingerprint density at radius 3 is 2.50 bits per heavy atom. The highest BCUT2D eigenvalue weighted by Gasteiger charge is 2.15. The van der Waals surface area contributed by atoms with Gasteiger partial charge in [-0.05, 0) is 54.7 Å². The number of benzene rings is 2. The summed E-state index contributed by atoms with van der Waals surface area (Å²) in [6.07, 6.45) is 1.89. The van der Waals surface area contributed by atoms with Gasteiger partial charge in [0, 0.05) is 4.47 Å². The molecule has 2 amide bonds. The van der Waals surface area contributed by atoms with Crippen LogP contribution >= 0.6 is 15.9 Å². The van der Waals surface area contributed by atoms with E-state index in [1.165, 1.54) is 0 Å². The van der Waals surface area contributed by atoms with Crippen molar-refractivity contribution in [3.05, 3.63) is 57.6 Å². The van der Waals surface area contributed by atoms with E-state index in [1.807, 2.05) is 25.1 Å². The van der Waals surface area contributed by atoms with E-state index in [0.29, 0.717) is 23.7 Å². The summed E-state index contributed by atoms with van der Waals surface area (Å²) in [5.74, 6) is 0.490. The number of nitrogens with one attached hydrogen (secondary N) is 2. The Balaban J connectivity index is 1.95. The van der Waals surface area contributed by atoms with Gasteiger partial charge < -0.3 is 9.47 Å². The standard InChI is InChI=1S/C23H29BrN2O4/c1-5-6-11-29-20-10-8-17(24)13-19(20)23(28)26-25-22(27)14-30-21-12-16(4)7-9-18(21)15(2)3/h7-10,12-13,15H,5-6,11,14H2,1-4H3,(H,25,27)(H,26,28). The highest BCUT2D eigenvalue weighted by atomic mass is 79.9. The van der Waals surface area contributed by atoms with Gasteiger partial charge in [0.25, 0.3) is 11.8 Å². The predicted molar refractivity (Wildman–Crippen MR) is 121 cm³/mol. The summed E-state index contributed by atoms with van der Waals surface area (Å²) in [5, 5.41) is 0. The Morgan fingerprint density at radius 1 is 1.03 bits per heavy atom. The lowest BCUT2D eigenvalue weighted by Gasteiger charge is -2.15. The van der Waals surface area contributed by atoms with Crippen molar-refractivity contribution in [2.45, 2.75) is 46.5 Å². The number of hydrazine groups is 1. The van der Waals surface area contributed by atoms with Crippen molar-refractivity contribution >= 4 is 27.7 Å². The quantitative estimate of drug-likeness (QED) is 0.398. The van der Waals surface area contributed by atoms with E-state index in [1.54, 1.807) is 18.2 Å². The fourth-order valence-electron chi connectivity index (χ4n) is 2.75. The Morgan fingerprint density at radius 2 is 1.80 bits per heavy atom. The number of hydrogen-bond donors (Lipinski definition) is 2. The molecule has 0 radical (unpaired) electrons. The van der Waals surface area contributed by atoms with Crippen molar-refractivity contribution in [1.82, 2.24) is 10.9 Å². The molecule has 0 bridgehead atoms. The lowest BCUT2D eigenvalue weighted by molar-refractivity contribution is -0.123. The molecule has 0 fully saturated rings.